The number of rotatable bonds is 18. The van der Waals surface area contributed by atoms with E-state index in [1.165, 1.54) is 116 Å². The Bertz CT molecular complexity index is 171. The number of hydrogen-bond acceptors (Lipinski definition) is 2. The van der Waals surface area contributed by atoms with Crippen molar-refractivity contribution < 1.29 is 0 Å². The van der Waals surface area contributed by atoms with Gasteiger partial charge in [0, 0.05) is 0 Å². The molecule has 0 spiro atoms. The Hall–Kier alpha value is 1.50. The molecule has 31 heavy (non-hydrogen) atoms. The van der Waals surface area contributed by atoms with Gasteiger partial charge in [-0.1, -0.05) is 170 Å². The average molecular weight is 580 g/mol. The first-order valence-electron chi connectivity index (χ1n) is 13.4. The van der Waals surface area contributed by atoms with E-state index in [0.717, 1.165) is 24.3 Å². The third-order valence-corrected chi connectivity index (χ3v) is 5.07. The number of hydrogen-bond donors (Lipinski definition) is 0. The van der Waals surface area contributed by atoms with E-state index in [2.05, 4.69) is 27.7 Å². The van der Waals surface area contributed by atoms with Gasteiger partial charge in [0.2, 0.25) is 0 Å². The van der Waals surface area contributed by atoms with E-state index in [4.69, 9.17) is 25.3 Å². The molecule has 0 rings (SSSR count). The van der Waals surface area contributed by atoms with E-state index >= 15 is 0 Å². The van der Waals surface area contributed by atoms with Crippen LogP contribution in [0.25, 0.3) is 0 Å². The van der Waals surface area contributed by atoms with Crippen LogP contribution in [0, 0.1) is 13.8 Å². The molecule has 0 bridgehead atoms. The van der Waals surface area contributed by atoms with Gasteiger partial charge in [-0.15, -0.1) is 0 Å². The molecule has 0 unspecified atom stereocenters. The minimum Gasteiger partial charge on any atom is -0.793 e. The fourth-order valence-electron chi connectivity index (χ4n) is 2.83. The van der Waals surface area contributed by atoms with Gasteiger partial charge in [-0.2, -0.15) is 11.5 Å². The van der Waals surface area contributed by atoms with Crippen molar-refractivity contribution in [2.75, 3.05) is 11.5 Å². The molecule has 188 valence electrons. The molecule has 0 saturated carbocycles. The van der Waals surface area contributed by atoms with Crippen LogP contribution in [0.1, 0.15) is 156 Å². The third-order valence-electron chi connectivity index (χ3n) is 4.50. The molecule has 0 aromatic carbocycles. The van der Waals surface area contributed by atoms with E-state index in [0.29, 0.717) is 0 Å². The van der Waals surface area contributed by atoms with Crippen LogP contribution in [-0.2, 0) is 25.3 Å². The summed E-state index contributed by atoms with van der Waals surface area (Å²) in [6, 6.07) is 0. The molecule has 0 N–H and O–H groups in total. The SMILES string of the molecule is CCCCCCCCCCC[S-].CCCCCCCCCCC[S-].[CH2]CC.[CH2]CC.[Sn+2]. The Morgan fingerprint density at radius 3 is 0.710 bits per heavy atom. The van der Waals surface area contributed by atoms with Gasteiger partial charge < -0.3 is 25.3 Å². The van der Waals surface area contributed by atoms with Gasteiger partial charge in [0.1, 0.15) is 0 Å². The molecule has 0 aliphatic carbocycles. The molecule has 0 aliphatic rings. The molecular weight excluding hydrogens is 519 g/mol. The quantitative estimate of drug-likeness (QED) is 0.0900. The second-order valence-corrected chi connectivity index (χ2v) is 8.88. The summed E-state index contributed by atoms with van der Waals surface area (Å²) in [5, 5.41) is 0. The summed E-state index contributed by atoms with van der Waals surface area (Å²) in [4.78, 5) is 0. The maximum absolute atomic E-state index is 4.89. The van der Waals surface area contributed by atoms with Crippen molar-refractivity contribution in [1.29, 1.82) is 0 Å². The molecule has 0 amide bonds. The summed E-state index contributed by atoms with van der Waals surface area (Å²) in [6.07, 6.45) is 27.1. The largest absolute Gasteiger partial charge is 2.00 e. The van der Waals surface area contributed by atoms with Crippen LogP contribution < -0.4 is 0 Å². The van der Waals surface area contributed by atoms with Crippen LogP contribution in [0.2, 0.25) is 0 Å². The molecular formula is C28H60S2Sn. The van der Waals surface area contributed by atoms with Crippen molar-refractivity contribution in [2.45, 2.75) is 156 Å². The van der Waals surface area contributed by atoms with Crippen molar-refractivity contribution in [3.05, 3.63) is 13.8 Å². The summed E-state index contributed by atoms with van der Waals surface area (Å²) in [5.41, 5.74) is 0. The summed E-state index contributed by atoms with van der Waals surface area (Å²) < 4.78 is 0. The van der Waals surface area contributed by atoms with Crippen LogP contribution in [0.3, 0.4) is 0 Å². The van der Waals surface area contributed by atoms with Crippen LogP contribution in [0.4, 0.5) is 0 Å². The van der Waals surface area contributed by atoms with E-state index in [-0.39, 0.29) is 23.9 Å². The van der Waals surface area contributed by atoms with Gasteiger partial charge in [0.15, 0.2) is 0 Å². The summed E-state index contributed by atoms with van der Waals surface area (Å²) >= 11 is 9.77. The predicted molar refractivity (Wildman–Crippen MR) is 156 cm³/mol. The zero-order valence-corrected chi connectivity index (χ0v) is 26.8. The zero-order chi connectivity index (χ0) is 23.6. The molecule has 0 fully saturated rings. The summed E-state index contributed by atoms with van der Waals surface area (Å²) in [5.74, 6) is 1.91. The molecule has 0 atom stereocenters. The second kappa shape index (κ2) is 53.1. The summed E-state index contributed by atoms with van der Waals surface area (Å²) in [7, 11) is 0. The molecule has 0 aromatic heterocycles. The maximum Gasteiger partial charge on any atom is 2.00 e. The van der Waals surface area contributed by atoms with Crippen LogP contribution in [0.5, 0.6) is 0 Å². The standard InChI is InChI=1S/2C11H24S.2C3H7.Sn/c2*1-2-3-4-5-6-7-8-9-10-11-12;2*1-3-2;/h2*12H,2-11H2,1H3;2*1,3H2,2H3;/q;;;;+2/p-2. The van der Waals surface area contributed by atoms with Gasteiger partial charge in [0.05, 0.1) is 0 Å². The fraction of sp³-hybridized carbons (Fsp3) is 0.929. The summed E-state index contributed by atoms with van der Waals surface area (Å²) in [6.45, 7) is 15.5. The van der Waals surface area contributed by atoms with Crippen molar-refractivity contribution in [3.63, 3.8) is 0 Å². The van der Waals surface area contributed by atoms with Crippen LogP contribution >= 0.6 is 0 Å². The van der Waals surface area contributed by atoms with E-state index < -0.39 is 0 Å². The Morgan fingerprint density at radius 1 is 0.387 bits per heavy atom. The monoisotopic (exact) mass is 580 g/mol. The first-order valence-corrected chi connectivity index (χ1v) is 14.6. The first kappa shape index (κ1) is 42.6. The number of unbranched alkanes of at least 4 members (excludes halogenated alkanes) is 16. The van der Waals surface area contributed by atoms with Gasteiger partial charge in [-0.25, -0.2) is 0 Å². The topological polar surface area (TPSA) is 0 Å². The molecule has 0 nitrogen and oxygen atoms in total. The van der Waals surface area contributed by atoms with Crippen LogP contribution in [0.15, 0.2) is 0 Å². The van der Waals surface area contributed by atoms with Gasteiger partial charge in [0.25, 0.3) is 0 Å². The van der Waals surface area contributed by atoms with Crippen LogP contribution in [-0.4, -0.2) is 35.4 Å². The normalized spacial score (nSPS) is 9.29. The van der Waals surface area contributed by atoms with Gasteiger partial charge in [-0.3, -0.25) is 0 Å². The van der Waals surface area contributed by atoms with E-state index in [9.17, 15) is 0 Å². The maximum atomic E-state index is 4.89. The molecule has 4 radical (unpaired) electrons. The Labute approximate surface area is 229 Å². The first-order chi connectivity index (χ1) is 14.7. The van der Waals surface area contributed by atoms with E-state index in [1.807, 2.05) is 13.8 Å². The minimum atomic E-state index is 0. The Kier molecular flexibility index (Phi) is 73.0. The predicted octanol–water partition coefficient (Wildman–Crippen LogP) is 10.2. The smallest absolute Gasteiger partial charge is 0.793 e. The second-order valence-electron chi connectivity index (χ2n) is 8.07. The zero-order valence-electron chi connectivity index (χ0n) is 22.3. The van der Waals surface area contributed by atoms with E-state index in [1.54, 1.807) is 0 Å². The fourth-order valence-corrected chi connectivity index (χ4v) is 3.23. The molecule has 0 aromatic rings. The molecule has 0 aliphatic heterocycles. The van der Waals surface area contributed by atoms with Crippen molar-refractivity contribution in [1.82, 2.24) is 0 Å². The van der Waals surface area contributed by atoms with Crippen molar-refractivity contribution in [2.24, 2.45) is 0 Å². The average Bonchev–Trinajstić information content (AvgIpc) is 2.74. The minimum absolute atomic E-state index is 0. The third kappa shape index (κ3) is 72.1. The van der Waals surface area contributed by atoms with Crippen molar-refractivity contribution in [3.8, 4) is 0 Å². The van der Waals surface area contributed by atoms with Gasteiger partial charge >= 0.3 is 23.9 Å². The Morgan fingerprint density at radius 2 is 0.548 bits per heavy atom. The van der Waals surface area contributed by atoms with Crippen molar-refractivity contribution >= 4 is 49.2 Å². The Balaban J connectivity index is -0.000000113. The molecule has 3 heteroatoms. The molecule has 0 saturated heterocycles. The molecule has 0 heterocycles. The van der Waals surface area contributed by atoms with Gasteiger partial charge in [-0.05, 0) is 0 Å².